The van der Waals surface area contributed by atoms with Crippen molar-refractivity contribution in [1.82, 2.24) is 10.2 Å². The van der Waals surface area contributed by atoms with Crippen LogP contribution in [0, 0.1) is 0 Å². The Morgan fingerprint density at radius 3 is 2.09 bits per heavy atom. The van der Waals surface area contributed by atoms with E-state index in [1.165, 1.54) is 35.2 Å². The van der Waals surface area contributed by atoms with Crippen molar-refractivity contribution in [2.45, 2.75) is 43.8 Å². The number of carbonyl (C=O) groups is 2. The number of carbonyl (C=O) groups excluding carboxylic acids is 2. The van der Waals surface area contributed by atoms with Gasteiger partial charge >= 0.3 is 0 Å². The molecule has 0 bridgehead atoms. The van der Waals surface area contributed by atoms with E-state index in [0.717, 1.165) is 19.9 Å². The second-order valence-electron chi connectivity index (χ2n) is 10.5. The predicted octanol–water partition coefficient (Wildman–Crippen LogP) is 7.12. The van der Waals surface area contributed by atoms with Crippen molar-refractivity contribution >= 4 is 66.7 Å². The fourth-order valence-corrected chi connectivity index (χ4v) is 6.60. The maximum Gasteiger partial charge on any atom is 0.264 e. The first-order valence-electron chi connectivity index (χ1n) is 13.9. The standard InChI is InChI=1S/C33H32BrCl2N3O4S/c1-23(2)37-33(41)31(19-24-7-4-3-5-8-24)38(21-25-11-13-26(34)14-12-25)32(40)22-39(29-10-6-9-28(36)20-29)44(42,43)30-17-15-27(35)16-18-30/h3-18,20,23,31H,19,21-22H2,1-2H3,(H,37,41)/t31-/m0/s1. The van der Waals surface area contributed by atoms with E-state index < -0.39 is 28.5 Å². The zero-order valence-electron chi connectivity index (χ0n) is 24.2. The topological polar surface area (TPSA) is 86.8 Å². The molecule has 7 nitrogen and oxygen atoms in total. The van der Waals surface area contributed by atoms with Crippen LogP contribution in [0.1, 0.15) is 25.0 Å². The van der Waals surface area contributed by atoms with Crippen molar-refractivity contribution in [1.29, 1.82) is 0 Å². The van der Waals surface area contributed by atoms with Crippen LogP contribution in [0.25, 0.3) is 0 Å². The monoisotopic (exact) mass is 715 g/mol. The number of rotatable bonds is 12. The zero-order valence-corrected chi connectivity index (χ0v) is 28.1. The van der Waals surface area contributed by atoms with Gasteiger partial charge in [0.15, 0.2) is 0 Å². The first-order valence-corrected chi connectivity index (χ1v) is 16.8. The second kappa shape index (κ2) is 15.1. The molecule has 0 aliphatic heterocycles. The Balaban J connectivity index is 1.80. The Morgan fingerprint density at radius 2 is 1.48 bits per heavy atom. The van der Waals surface area contributed by atoms with E-state index in [-0.39, 0.29) is 35.5 Å². The van der Waals surface area contributed by atoms with Gasteiger partial charge in [0.1, 0.15) is 12.6 Å². The molecular weight excluding hydrogens is 685 g/mol. The van der Waals surface area contributed by atoms with Gasteiger partial charge in [-0.15, -0.1) is 0 Å². The molecule has 1 atom stereocenters. The normalized spacial score (nSPS) is 12.0. The molecular formula is C33H32BrCl2N3O4S. The minimum atomic E-state index is -4.26. The summed E-state index contributed by atoms with van der Waals surface area (Å²) in [6.07, 6.45) is 0.225. The number of benzene rings is 4. The van der Waals surface area contributed by atoms with E-state index in [2.05, 4.69) is 21.2 Å². The Bertz CT molecular complexity index is 1690. The number of hydrogen-bond acceptors (Lipinski definition) is 4. The van der Waals surface area contributed by atoms with Gasteiger partial charge in [-0.25, -0.2) is 8.42 Å². The summed E-state index contributed by atoms with van der Waals surface area (Å²) >= 11 is 15.7. The molecule has 230 valence electrons. The van der Waals surface area contributed by atoms with Gasteiger partial charge in [-0.1, -0.05) is 87.7 Å². The van der Waals surface area contributed by atoms with Gasteiger partial charge in [0.05, 0.1) is 10.6 Å². The number of halogens is 3. The lowest BCUT2D eigenvalue weighted by atomic mass is 10.0. The van der Waals surface area contributed by atoms with Gasteiger partial charge in [-0.05, 0) is 79.6 Å². The van der Waals surface area contributed by atoms with Crippen LogP contribution in [0.3, 0.4) is 0 Å². The van der Waals surface area contributed by atoms with Crippen molar-refractivity contribution in [3.63, 3.8) is 0 Å². The molecule has 0 aliphatic rings. The minimum absolute atomic E-state index is 0.0486. The van der Waals surface area contributed by atoms with Crippen LogP contribution in [0.5, 0.6) is 0 Å². The summed E-state index contributed by atoms with van der Waals surface area (Å²) in [4.78, 5) is 29.5. The van der Waals surface area contributed by atoms with Crippen LogP contribution in [0.15, 0.2) is 112 Å². The molecule has 0 heterocycles. The predicted molar refractivity (Wildman–Crippen MR) is 179 cm³/mol. The largest absolute Gasteiger partial charge is 0.352 e. The molecule has 0 saturated carbocycles. The third-order valence-corrected chi connectivity index (χ3v) is 9.55. The Hall–Kier alpha value is -3.37. The minimum Gasteiger partial charge on any atom is -0.352 e. The molecule has 0 spiro atoms. The molecule has 0 fully saturated rings. The second-order valence-corrected chi connectivity index (χ2v) is 14.1. The van der Waals surface area contributed by atoms with E-state index in [0.29, 0.717) is 10.0 Å². The molecule has 0 saturated heterocycles. The van der Waals surface area contributed by atoms with Gasteiger partial charge in [0.2, 0.25) is 11.8 Å². The number of nitrogens with zero attached hydrogens (tertiary/aromatic N) is 2. The van der Waals surface area contributed by atoms with Crippen molar-refractivity contribution < 1.29 is 18.0 Å². The lowest BCUT2D eigenvalue weighted by molar-refractivity contribution is -0.140. The van der Waals surface area contributed by atoms with Crippen LogP contribution in [-0.2, 0) is 32.6 Å². The highest BCUT2D eigenvalue weighted by molar-refractivity contribution is 9.10. The van der Waals surface area contributed by atoms with Gasteiger partial charge < -0.3 is 10.2 Å². The lowest BCUT2D eigenvalue weighted by Crippen LogP contribution is -2.54. The number of nitrogens with one attached hydrogen (secondary N) is 1. The van der Waals surface area contributed by atoms with Crippen molar-refractivity contribution in [3.05, 3.63) is 129 Å². The van der Waals surface area contributed by atoms with E-state index in [1.54, 1.807) is 18.2 Å². The highest BCUT2D eigenvalue weighted by atomic mass is 79.9. The quantitative estimate of drug-likeness (QED) is 0.169. The summed E-state index contributed by atoms with van der Waals surface area (Å²) in [7, 11) is -4.26. The summed E-state index contributed by atoms with van der Waals surface area (Å²) in [6, 6.07) is 27.7. The third-order valence-electron chi connectivity index (χ3n) is 6.74. The van der Waals surface area contributed by atoms with Gasteiger partial charge in [0.25, 0.3) is 10.0 Å². The molecule has 11 heteroatoms. The average molecular weight is 718 g/mol. The molecule has 0 radical (unpaired) electrons. The van der Waals surface area contributed by atoms with Crippen LogP contribution in [0.2, 0.25) is 10.0 Å². The molecule has 44 heavy (non-hydrogen) atoms. The summed E-state index contributed by atoms with van der Waals surface area (Å²) in [5.74, 6) is -0.908. The summed E-state index contributed by atoms with van der Waals surface area (Å²) in [5, 5.41) is 3.62. The molecule has 4 aromatic rings. The number of anilines is 1. The zero-order chi connectivity index (χ0) is 31.9. The average Bonchev–Trinajstić information content (AvgIpc) is 2.98. The number of amides is 2. The van der Waals surface area contributed by atoms with Gasteiger partial charge in [0, 0.05) is 33.5 Å². The van der Waals surface area contributed by atoms with Crippen LogP contribution >= 0.6 is 39.1 Å². The van der Waals surface area contributed by atoms with E-state index >= 15 is 0 Å². The van der Waals surface area contributed by atoms with Crippen LogP contribution in [0.4, 0.5) is 5.69 Å². The lowest BCUT2D eigenvalue weighted by Gasteiger charge is -2.34. The van der Waals surface area contributed by atoms with E-state index in [4.69, 9.17) is 23.2 Å². The Labute approximate surface area is 277 Å². The van der Waals surface area contributed by atoms with Crippen LogP contribution in [-0.4, -0.2) is 43.8 Å². The van der Waals surface area contributed by atoms with E-state index in [1.807, 2.05) is 68.4 Å². The maximum atomic E-state index is 14.4. The van der Waals surface area contributed by atoms with Gasteiger partial charge in [-0.2, -0.15) is 0 Å². The fraction of sp³-hybridized carbons (Fsp3) is 0.212. The number of hydrogen-bond donors (Lipinski definition) is 1. The molecule has 0 aliphatic carbocycles. The smallest absolute Gasteiger partial charge is 0.264 e. The highest BCUT2D eigenvalue weighted by Gasteiger charge is 2.35. The van der Waals surface area contributed by atoms with E-state index in [9.17, 15) is 18.0 Å². The van der Waals surface area contributed by atoms with Crippen LogP contribution < -0.4 is 9.62 Å². The van der Waals surface area contributed by atoms with Crippen molar-refractivity contribution in [3.8, 4) is 0 Å². The fourth-order valence-electron chi connectivity index (χ4n) is 4.61. The molecule has 4 rings (SSSR count). The molecule has 0 unspecified atom stereocenters. The summed E-state index contributed by atoms with van der Waals surface area (Å²) < 4.78 is 29.9. The van der Waals surface area contributed by atoms with Crippen molar-refractivity contribution in [2.75, 3.05) is 10.8 Å². The molecule has 1 N–H and O–H groups in total. The molecule has 0 aromatic heterocycles. The van der Waals surface area contributed by atoms with Crippen molar-refractivity contribution in [2.24, 2.45) is 0 Å². The first-order chi connectivity index (χ1) is 20.9. The maximum absolute atomic E-state index is 14.4. The third kappa shape index (κ3) is 8.85. The number of sulfonamides is 1. The Morgan fingerprint density at radius 1 is 0.818 bits per heavy atom. The van der Waals surface area contributed by atoms with Gasteiger partial charge in [-0.3, -0.25) is 13.9 Å². The summed E-state index contributed by atoms with van der Waals surface area (Å²) in [5.41, 5.74) is 1.83. The SMILES string of the molecule is CC(C)NC(=O)[C@H](Cc1ccccc1)N(Cc1ccc(Br)cc1)C(=O)CN(c1cccc(Cl)c1)S(=O)(=O)c1ccc(Cl)cc1. The molecule has 4 aromatic carbocycles. The molecule has 2 amide bonds. The first kappa shape index (κ1) is 33.5. The summed E-state index contributed by atoms with van der Waals surface area (Å²) in [6.45, 7) is 3.18. The highest BCUT2D eigenvalue weighted by Crippen LogP contribution is 2.28. The Kier molecular flexibility index (Phi) is 11.5.